The molecule has 0 saturated carbocycles. The van der Waals surface area contributed by atoms with Crippen molar-refractivity contribution < 1.29 is 9.90 Å². The molecule has 1 heterocycles. The molecule has 0 aromatic heterocycles. The smallest absolute Gasteiger partial charge is 0.239 e. The summed E-state index contributed by atoms with van der Waals surface area (Å²) < 4.78 is 0. The number of benzene rings is 1. The maximum atomic E-state index is 11.6. The largest absolute Gasteiger partial charge is 0.508 e. The Morgan fingerprint density at radius 1 is 1.47 bits per heavy atom. The van der Waals surface area contributed by atoms with Gasteiger partial charge < -0.3 is 15.7 Å². The van der Waals surface area contributed by atoms with Gasteiger partial charge in [-0.05, 0) is 29.7 Å². The Labute approximate surface area is 88.3 Å². The van der Waals surface area contributed by atoms with Gasteiger partial charge in [-0.25, -0.2) is 0 Å². The number of fused-ring (bicyclic) bond motifs is 1. The first-order valence-corrected chi connectivity index (χ1v) is 4.89. The summed E-state index contributed by atoms with van der Waals surface area (Å²) in [6.45, 7) is 0.510. The number of nitrogens with two attached hydrogens (primary N) is 1. The first-order chi connectivity index (χ1) is 7.08. The van der Waals surface area contributed by atoms with Crippen molar-refractivity contribution in [2.75, 3.05) is 7.05 Å². The lowest BCUT2D eigenvalue weighted by atomic mass is 10.0. The normalized spacial score (nSPS) is 21.1. The van der Waals surface area contributed by atoms with Crippen LogP contribution in [-0.2, 0) is 17.8 Å². The molecule has 1 aliphatic rings. The lowest BCUT2D eigenvalue weighted by molar-refractivity contribution is -0.131. The van der Waals surface area contributed by atoms with E-state index in [4.69, 9.17) is 5.73 Å². The van der Waals surface area contributed by atoms with Crippen molar-refractivity contribution in [3.05, 3.63) is 29.3 Å². The number of phenols is 1. The summed E-state index contributed by atoms with van der Waals surface area (Å²) in [5.74, 6) is 0.177. The lowest BCUT2D eigenvalue weighted by Crippen LogP contribution is -2.40. The molecule has 0 aliphatic carbocycles. The van der Waals surface area contributed by atoms with Crippen molar-refractivity contribution >= 4 is 5.91 Å². The highest BCUT2D eigenvalue weighted by Gasteiger charge is 2.24. The molecule has 1 aliphatic heterocycles. The maximum Gasteiger partial charge on any atom is 0.239 e. The molecule has 0 spiro atoms. The summed E-state index contributed by atoms with van der Waals surface area (Å²) in [7, 11) is 1.72. The molecule has 0 saturated heterocycles. The predicted octanol–water partition coefficient (Wildman–Crippen LogP) is 0.234. The van der Waals surface area contributed by atoms with E-state index in [-0.39, 0.29) is 11.7 Å². The Morgan fingerprint density at radius 2 is 2.20 bits per heavy atom. The molecular weight excluding hydrogens is 192 g/mol. The van der Waals surface area contributed by atoms with Gasteiger partial charge >= 0.3 is 0 Å². The number of amides is 1. The molecule has 2 rings (SSSR count). The second-order valence-electron chi connectivity index (χ2n) is 3.96. The molecule has 4 nitrogen and oxygen atoms in total. The third kappa shape index (κ3) is 1.80. The quantitative estimate of drug-likeness (QED) is 0.638. The van der Waals surface area contributed by atoms with Crippen LogP contribution in [-0.4, -0.2) is 29.0 Å². The number of phenolic OH excluding ortho intramolecular Hbond substituents is 1. The molecule has 15 heavy (non-hydrogen) atoms. The Bertz CT molecular complexity index is 404. The molecule has 3 N–H and O–H groups in total. The maximum absolute atomic E-state index is 11.6. The number of rotatable bonds is 0. The zero-order valence-corrected chi connectivity index (χ0v) is 8.60. The van der Waals surface area contributed by atoms with Crippen LogP contribution in [0.4, 0.5) is 0 Å². The van der Waals surface area contributed by atoms with Crippen molar-refractivity contribution in [3.63, 3.8) is 0 Å². The Morgan fingerprint density at radius 3 is 2.93 bits per heavy atom. The van der Waals surface area contributed by atoms with E-state index in [2.05, 4.69) is 0 Å². The van der Waals surface area contributed by atoms with E-state index in [9.17, 15) is 9.90 Å². The molecule has 80 valence electrons. The summed E-state index contributed by atoms with van der Waals surface area (Å²) in [5.41, 5.74) is 7.78. The molecule has 0 bridgehead atoms. The third-order valence-corrected chi connectivity index (χ3v) is 2.73. The van der Waals surface area contributed by atoms with E-state index in [1.165, 1.54) is 0 Å². The van der Waals surface area contributed by atoms with E-state index in [1.807, 2.05) is 6.07 Å². The fourth-order valence-corrected chi connectivity index (χ4v) is 1.90. The van der Waals surface area contributed by atoms with E-state index < -0.39 is 6.04 Å². The van der Waals surface area contributed by atoms with E-state index in [0.717, 1.165) is 11.1 Å². The second kappa shape index (κ2) is 3.55. The first-order valence-electron chi connectivity index (χ1n) is 4.89. The molecule has 1 unspecified atom stereocenters. The number of hydrogen-bond donors (Lipinski definition) is 2. The van der Waals surface area contributed by atoms with E-state index in [1.54, 1.807) is 24.1 Å². The van der Waals surface area contributed by atoms with Gasteiger partial charge in [0.05, 0.1) is 6.04 Å². The number of aromatic hydroxyl groups is 1. The topological polar surface area (TPSA) is 66.6 Å². The SMILES string of the molecule is CN1Cc2cc(O)ccc2CC(N)C1=O. The minimum absolute atomic E-state index is 0.0503. The number of nitrogens with zero attached hydrogens (tertiary/aromatic N) is 1. The van der Waals surface area contributed by atoms with Gasteiger partial charge in [-0.1, -0.05) is 6.07 Å². The van der Waals surface area contributed by atoms with Crippen molar-refractivity contribution in [3.8, 4) is 5.75 Å². The predicted molar refractivity (Wildman–Crippen MR) is 56.3 cm³/mol. The molecule has 1 aromatic carbocycles. The van der Waals surface area contributed by atoms with Gasteiger partial charge in [-0.15, -0.1) is 0 Å². The van der Waals surface area contributed by atoms with Crippen molar-refractivity contribution in [1.82, 2.24) is 4.90 Å². The van der Waals surface area contributed by atoms with Gasteiger partial charge in [0.2, 0.25) is 5.91 Å². The number of likely N-dealkylation sites (N-methyl/N-ethyl adjacent to an activating group) is 1. The van der Waals surface area contributed by atoms with Crippen LogP contribution in [0.3, 0.4) is 0 Å². The minimum Gasteiger partial charge on any atom is -0.508 e. The van der Waals surface area contributed by atoms with Crippen molar-refractivity contribution in [1.29, 1.82) is 0 Å². The molecule has 1 atom stereocenters. The van der Waals surface area contributed by atoms with Gasteiger partial charge in [-0.3, -0.25) is 4.79 Å². The lowest BCUT2D eigenvalue weighted by Gasteiger charge is -2.16. The number of hydrogen-bond acceptors (Lipinski definition) is 3. The number of carbonyl (C=O) groups excluding carboxylic acids is 1. The number of carbonyl (C=O) groups is 1. The Hall–Kier alpha value is -1.55. The second-order valence-corrected chi connectivity index (χ2v) is 3.96. The van der Waals surface area contributed by atoms with Gasteiger partial charge in [0, 0.05) is 13.6 Å². The van der Waals surface area contributed by atoms with E-state index in [0.29, 0.717) is 13.0 Å². The summed E-state index contributed by atoms with van der Waals surface area (Å²) >= 11 is 0. The first kappa shape index (κ1) is 9.98. The summed E-state index contributed by atoms with van der Waals surface area (Å²) in [6.07, 6.45) is 0.540. The highest BCUT2D eigenvalue weighted by Crippen LogP contribution is 2.22. The minimum atomic E-state index is -0.471. The Balaban J connectivity index is 2.42. The monoisotopic (exact) mass is 206 g/mol. The summed E-state index contributed by atoms with van der Waals surface area (Å²) in [5, 5.41) is 9.36. The zero-order valence-electron chi connectivity index (χ0n) is 8.60. The molecule has 0 fully saturated rings. The van der Waals surface area contributed by atoms with Crippen LogP contribution >= 0.6 is 0 Å². The summed E-state index contributed by atoms with van der Waals surface area (Å²) in [6, 6.07) is 4.68. The fourth-order valence-electron chi connectivity index (χ4n) is 1.90. The molecule has 0 radical (unpaired) electrons. The molecule has 1 amide bonds. The van der Waals surface area contributed by atoms with Gasteiger partial charge in [0.1, 0.15) is 5.75 Å². The van der Waals surface area contributed by atoms with Crippen LogP contribution in [0.2, 0.25) is 0 Å². The van der Waals surface area contributed by atoms with Crippen LogP contribution in [0.15, 0.2) is 18.2 Å². The highest BCUT2D eigenvalue weighted by molar-refractivity contribution is 5.82. The van der Waals surface area contributed by atoms with Crippen molar-refractivity contribution in [2.45, 2.75) is 19.0 Å². The van der Waals surface area contributed by atoms with E-state index >= 15 is 0 Å². The zero-order chi connectivity index (χ0) is 11.0. The fraction of sp³-hybridized carbons (Fsp3) is 0.364. The van der Waals surface area contributed by atoms with Gasteiger partial charge in [0.15, 0.2) is 0 Å². The third-order valence-electron chi connectivity index (χ3n) is 2.73. The van der Waals surface area contributed by atoms with Gasteiger partial charge in [0.25, 0.3) is 0 Å². The van der Waals surface area contributed by atoms with Crippen LogP contribution in [0.25, 0.3) is 0 Å². The summed E-state index contributed by atoms with van der Waals surface area (Å²) in [4.78, 5) is 13.2. The van der Waals surface area contributed by atoms with Crippen LogP contribution in [0.1, 0.15) is 11.1 Å². The van der Waals surface area contributed by atoms with Crippen LogP contribution in [0.5, 0.6) is 5.75 Å². The van der Waals surface area contributed by atoms with Crippen molar-refractivity contribution in [2.24, 2.45) is 5.73 Å². The van der Waals surface area contributed by atoms with Crippen LogP contribution in [0, 0.1) is 0 Å². The van der Waals surface area contributed by atoms with Crippen LogP contribution < -0.4 is 5.73 Å². The standard InChI is InChI=1S/C11H14N2O2/c1-13-6-8-4-9(14)3-2-7(8)5-10(12)11(13)15/h2-4,10,14H,5-6,12H2,1H3. The average Bonchev–Trinajstić information content (AvgIpc) is 2.29. The molecule has 4 heteroatoms. The average molecular weight is 206 g/mol. The Kier molecular flexibility index (Phi) is 2.36. The highest BCUT2D eigenvalue weighted by atomic mass is 16.3. The van der Waals surface area contributed by atoms with Gasteiger partial charge in [-0.2, -0.15) is 0 Å². The molecular formula is C11H14N2O2. The molecule has 1 aromatic rings.